The van der Waals surface area contributed by atoms with Gasteiger partial charge in [0.15, 0.2) is 0 Å². The van der Waals surface area contributed by atoms with E-state index in [9.17, 15) is 0 Å². The summed E-state index contributed by atoms with van der Waals surface area (Å²) in [4.78, 5) is 4.54. The van der Waals surface area contributed by atoms with Gasteiger partial charge in [-0.1, -0.05) is 43.6 Å². The molecule has 0 aliphatic heterocycles. The van der Waals surface area contributed by atoms with Crippen LogP contribution in [-0.2, 0) is 0 Å². The van der Waals surface area contributed by atoms with Crippen LogP contribution in [0.25, 0.3) is 22.0 Å². The molecule has 0 fully saturated rings. The summed E-state index contributed by atoms with van der Waals surface area (Å²) in [5.41, 5.74) is 4.61. The molecule has 20 heavy (non-hydrogen) atoms. The van der Waals surface area contributed by atoms with Crippen molar-refractivity contribution in [3.8, 4) is 11.1 Å². The SMILES string of the molecule is CC(C)c1cc(-c2cccc(Cl)c2)c2ncccc2c1. The largest absolute Gasteiger partial charge is 0.256 e. The lowest BCUT2D eigenvalue weighted by Gasteiger charge is -2.12. The topological polar surface area (TPSA) is 12.9 Å². The van der Waals surface area contributed by atoms with Gasteiger partial charge in [0.05, 0.1) is 5.52 Å². The molecule has 0 saturated heterocycles. The Morgan fingerprint density at radius 1 is 1.00 bits per heavy atom. The Morgan fingerprint density at radius 3 is 2.60 bits per heavy atom. The van der Waals surface area contributed by atoms with E-state index in [-0.39, 0.29) is 0 Å². The van der Waals surface area contributed by atoms with Gasteiger partial charge in [-0.05, 0) is 47.4 Å². The third-order valence-electron chi connectivity index (χ3n) is 3.53. The van der Waals surface area contributed by atoms with Gasteiger partial charge in [0.2, 0.25) is 0 Å². The number of nitrogens with zero attached hydrogens (tertiary/aromatic N) is 1. The van der Waals surface area contributed by atoms with Crippen LogP contribution in [-0.4, -0.2) is 4.98 Å². The number of rotatable bonds is 2. The zero-order chi connectivity index (χ0) is 14.1. The third-order valence-corrected chi connectivity index (χ3v) is 3.76. The van der Waals surface area contributed by atoms with Crippen LogP contribution < -0.4 is 0 Å². The van der Waals surface area contributed by atoms with Crippen LogP contribution >= 0.6 is 11.6 Å². The van der Waals surface area contributed by atoms with E-state index < -0.39 is 0 Å². The summed E-state index contributed by atoms with van der Waals surface area (Å²) in [6, 6.07) is 16.5. The lowest BCUT2D eigenvalue weighted by atomic mass is 9.94. The van der Waals surface area contributed by atoms with E-state index in [1.165, 1.54) is 10.9 Å². The molecule has 1 nitrogen and oxygen atoms in total. The van der Waals surface area contributed by atoms with Crippen molar-refractivity contribution >= 4 is 22.5 Å². The van der Waals surface area contributed by atoms with Gasteiger partial charge in [0.1, 0.15) is 0 Å². The Bertz CT molecular complexity index is 762. The van der Waals surface area contributed by atoms with Crippen LogP contribution in [0.15, 0.2) is 54.7 Å². The smallest absolute Gasteiger partial charge is 0.0780 e. The van der Waals surface area contributed by atoms with E-state index in [4.69, 9.17) is 11.6 Å². The van der Waals surface area contributed by atoms with E-state index in [0.717, 1.165) is 21.7 Å². The van der Waals surface area contributed by atoms with Crippen molar-refractivity contribution in [2.75, 3.05) is 0 Å². The van der Waals surface area contributed by atoms with Gasteiger partial charge in [-0.3, -0.25) is 4.98 Å². The van der Waals surface area contributed by atoms with Crippen LogP contribution in [0, 0.1) is 0 Å². The second-order valence-electron chi connectivity index (χ2n) is 5.31. The molecule has 0 atom stereocenters. The van der Waals surface area contributed by atoms with Crippen molar-refractivity contribution in [3.63, 3.8) is 0 Å². The Kier molecular flexibility index (Phi) is 3.45. The molecule has 0 amide bonds. The van der Waals surface area contributed by atoms with Gasteiger partial charge in [-0.15, -0.1) is 0 Å². The Morgan fingerprint density at radius 2 is 1.85 bits per heavy atom. The van der Waals surface area contributed by atoms with Crippen molar-refractivity contribution in [2.45, 2.75) is 19.8 Å². The van der Waals surface area contributed by atoms with Gasteiger partial charge >= 0.3 is 0 Å². The molecule has 0 radical (unpaired) electrons. The van der Waals surface area contributed by atoms with Gasteiger partial charge in [0.25, 0.3) is 0 Å². The number of pyridine rings is 1. The molecule has 3 aromatic rings. The number of hydrogen-bond acceptors (Lipinski definition) is 1. The summed E-state index contributed by atoms with van der Waals surface area (Å²) in [5, 5.41) is 1.93. The summed E-state index contributed by atoms with van der Waals surface area (Å²) in [7, 11) is 0. The number of benzene rings is 2. The standard InChI is InChI=1S/C18H16ClN/c1-12(2)15-9-14-6-4-8-20-18(14)17(11-15)13-5-3-7-16(19)10-13/h3-12H,1-2H3. The first kappa shape index (κ1) is 13.1. The van der Waals surface area contributed by atoms with E-state index in [0.29, 0.717) is 5.92 Å². The van der Waals surface area contributed by atoms with Gasteiger partial charge in [0, 0.05) is 22.2 Å². The molecule has 0 aliphatic carbocycles. The quantitative estimate of drug-likeness (QED) is 0.589. The summed E-state index contributed by atoms with van der Waals surface area (Å²) in [6.07, 6.45) is 1.84. The molecular formula is C18H16ClN. The fraction of sp³-hybridized carbons (Fsp3) is 0.167. The minimum Gasteiger partial charge on any atom is -0.256 e. The average Bonchev–Trinajstić information content (AvgIpc) is 2.46. The fourth-order valence-electron chi connectivity index (χ4n) is 2.42. The molecule has 1 aromatic heterocycles. The molecule has 2 heteroatoms. The first-order valence-corrected chi connectivity index (χ1v) is 7.17. The monoisotopic (exact) mass is 281 g/mol. The molecule has 0 spiro atoms. The number of hydrogen-bond donors (Lipinski definition) is 0. The Hall–Kier alpha value is -1.86. The van der Waals surface area contributed by atoms with Gasteiger partial charge in [-0.25, -0.2) is 0 Å². The summed E-state index contributed by atoms with van der Waals surface area (Å²) >= 11 is 6.13. The summed E-state index contributed by atoms with van der Waals surface area (Å²) in [5.74, 6) is 0.484. The fourth-order valence-corrected chi connectivity index (χ4v) is 2.62. The summed E-state index contributed by atoms with van der Waals surface area (Å²) < 4.78 is 0. The first-order valence-electron chi connectivity index (χ1n) is 6.80. The second kappa shape index (κ2) is 5.26. The highest BCUT2D eigenvalue weighted by Crippen LogP contribution is 2.32. The molecule has 0 bridgehead atoms. The highest BCUT2D eigenvalue weighted by molar-refractivity contribution is 6.30. The van der Waals surface area contributed by atoms with Gasteiger partial charge in [-0.2, -0.15) is 0 Å². The Labute approximate surface area is 124 Å². The zero-order valence-corrected chi connectivity index (χ0v) is 12.4. The average molecular weight is 282 g/mol. The van der Waals surface area contributed by atoms with Crippen molar-refractivity contribution in [1.82, 2.24) is 4.98 Å². The van der Waals surface area contributed by atoms with E-state index >= 15 is 0 Å². The maximum absolute atomic E-state index is 6.13. The van der Waals surface area contributed by atoms with E-state index in [1.807, 2.05) is 30.5 Å². The first-order chi connectivity index (χ1) is 9.65. The highest BCUT2D eigenvalue weighted by atomic mass is 35.5. The maximum atomic E-state index is 6.13. The molecule has 100 valence electrons. The van der Waals surface area contributed by atoms with E-state index in [1.54, 1.807) is 0 Å². The molecule has 1 heterocycles. The predicted molar refractivity (Wildman–Crippen MR) is 86.3 cm³/mol. The van der Waals surface area contributed by atoms with Crippen LogP contribution in [0.1, 0.15) is 25.3 Å². The van der Waals surface area contributed by atoms with Gasteiger partial charge < -0.3 is 0 Å². The van der Waals surface area contributed by atoms with Crippen molar-refractivity contribution in [3.05, 3.63) is 65.3 Å². The minimum atomic E-state index is 0.484. The highest BCUT2D eigenvalue weighted by Gasteiger charge is 2.09. The molecular weight excluding hydrogens is 266 g/mol. The molecule has 0 saturated carbocycles. The maximum Gasteiger partial charge on any atom is 0.0780 e. The summed E-state index contributed by atoms with van der Waals surface area (Å²) in [6.45, 7) is 4.42. The second-order valence-corrected chi connectivity index (χ2v) is 5.75. The number of halogens is 1. The lowest BCUT2D eigenvalue weighted by Crippen LogP contribution is -1.92. The third kappa shape index (κ3) is 2.41. The molecule has 0 N–H and O–H groups in total. The normalized spacial score (nSPS) is 11.2. The van der Waals surface area contributed by atoms with Crippen LogP contribution in [0.5, 0.6) is 0 Å². The molecule has 0 aliphatic rings. The molecule has 0 unspecified atom stereocenters. The van der Waals surface area contributed by atoms with Crippen LogP contribution in [0.2, 0.25) is 5.02 Å². The lowest BCUT2D eigenvalue weighted by molar-refractivity contribution is 0.869. The minimum absolute atomic E-state index is 0.484. The number of aromatic nitrogens is 1. The zero-order valence-electron chi connectivity index (χ0n) is 11.6. The predicted octanol–water partition coefficient (Wildman–Crippen LogP) is 5.68. The van der Waals surface area contributed by atoms with Crippen molar-refractivity contribution in [2.24, 2.45) is 0 Å². The van der Waals surface area contributed by atoms with Crippen molar-refractivity contribution < 1.29 is 0 Å². The van der Waals surface area contributed by atoms with E-state index in [2.05, 4.69) is 43.1 Å². The molecule has 2 aromatic carbocycles. The van der Waals surface area contributed by atoms with Crippen molar-refractivity contribution in [1.29, 1.82) is 0 Å². The number of fused-ring (bicyclic) bond motifs is 1. The van der Waals surface area contributed by atoms with Crippen LogP contribution in [0.3, 0.4) is 0 Å². The van der Waals surface area contributed by atoms with Crippen LogP contribution in [0.4, 0.5) is 0 Å². The Balaban J connectivity index is 2.32. The molecule has 3 rings (SSSR count).